The van der Waals surface area contributed by atoms with Gasteiger partial charge in [-0.15, -0.1) is 0 Å². The molecule has 0 radical (unpaired) electrons. The van der Waals surface area contributed by atoms with E-state index in [2.05, 4.69) is 48.9 Å². The van der Waals surface area contributed by atoms with Crippen LogP contribution < -0.4 is 0 Å². The summed E-state index contributed by atoms with van der Waals surface area (Å²) in [5, 5.41) is 4.17. The summed E-state index contributed by atoms with van der Waals surface area (Å²) in [5.74, 6) is 0.324. The lowest BCUT2D eigenvalue weighted by molar-refractivity contribution is -0.118. The highest BCUT2D eigenvalue weighted by atomic mass is 32.1. The molecule has 0 unspecified atom stereocenters. The Morgan fingerprint density at radius 3 is 2.61 bits per heavy atom. The van der Waals surface area contributed by atoms with Gasteiger partial charge in [0.2, 0.25) is 0 Å². The van der Waals surface area contributed by atoms with Crippen LogP contribution in [0, 0.1) is 13.8 Å². The largest absolute Gasteiger partial charge is 0.299 e. The summed E-state index contributed by atoms with van der Waals surface area (Å²) in [7, 11) is 0. The molecule has 0 saturated carbocycles. The number of hydrogen-bond donors (Lipinski definition) is 0. The van der Waals surface area contributed by atoms with Gasteiger partial charge in [-0.05, 0) is 59.3 Å². The second kappa shape index (κ2) is 5.96. The average Bonchev–Trinajstić information content (AvgIpc) is 2.84. The van der Waals surface area contributed by atoms with E-state index in [4.69, 9.17) is 0 Å². The molecule has 0 atom stereocenters. The second-order valence-corrected chi connectivity index (χ2v) is 5.55. The highest BCUT2D eigenvalue weighted by Gasteiger charge is 2.05. The topological polar surface area (TPSA) is 17.1 Å². The van der Waals surface area contributed by atoms with E-state index in [0.717, 1.165) is 12.0 Å². The molecule has 0 spiro atoms. The van der Waals surface area contributed by atoms with Gasteiger partial charge in [0.15, 0.2) is 0 Å². The number of ketones is 1. The standard InChI is InChI=1S/C16H18OS/c1-12-3-4-15(9-13(12)2)10-16(17)6-5-14-7-8-18-11-14/h3-4,7-9,11H,5-6,10H2,1-2H3. The van der Waals surface area contributed by atoms with E-state index in [9.17, 15) is 4.79 Å². The van der Waals surface area contributed by atoms with Crippen molar-refractivity contribution in [2.24, 2.45) is 0 Å². The predicted octanol–water partition coefficient (Wildman–Crippen LogP) is 4.11. The van der Waals surface area contributed by atoms with Gasteiger partial charge in [0.25, 0.3) is 0 Å². The summed E-state index contributed by atoms with van der Waals surface area (Å²) in [6, 6.07) is 8.37. The third-order valence-corrected chi connectivity index (χ3v) is 3.98. The first-order valence-corrected chi connectivity index (χ1v) is 7.18. The van der Waals surface area contributed by atoms with E-state index < -0.39 is 0 Å². The molecule has 18 heavy (non-hydrogen) atoms. The van der Waals surface area contributed by atoms with Gasteiger partial charge in [0, 0.05) is 12.8 Å². The van der Waals surface area contributed by atoms with Crippen molar-refractivity contribution in [1.29, 1.82) is 0 Å². The molecule has 0 bridgehead atoms. The molecule has 0 fully saturated rings. The van der Waals surface area contributed by atoms with Crippen molar-refractivity contribution in [3.05, 3.63) is 57.3 Å². The fourth-order valence-corrected chi connectivity index (χ4v) is 2.65. The fourth-order valence-electron chi connectivity index (χ4n) is 1.95. The van der Waals surface area contributed by atoms with Crippen LogP contribution in [-0.2, 0) is 17.6 Å². The Hall–Kier alpha value is -1.41. The molecule has 2 aromatic rings. The summed E-state index contributed by atoms with van der Waals surface area (Å²) in [6.45, 7) is 4.19. The highest BCUT2D eigenvalue weighted by Crippen LogP contribution is 2.13. The minimum absolute atomic E-state index is 0.324. The molecule has 1 aromatic heterocycles. The van der Waals surface area contributed by atoms with Crippen molar-refractivity contribution in [2.75, 3.05) is 0 Å². The summed E-state index contributed by atoms with van der Waals surface area (Å²) in [6.07, 6.45) is 2.07. The van der Waals surface area contributed by atoms with E-state index in [1.807, 2.05) is 0 Å². The first kappa shape index (κ1) is 13.0. The molecule has 2 rings (SSSR count). The SMILES string of the molecule is Cc1ccc(CC(=O)CCc2ccsc2)cc1C. The number of benzene rings is 1. The Morgan fingerprint density at radius 1 is 1.11 bits per heavy atom. The van der Waals surface area contributed by atoms with Crippen molar-refractivity contribution in [3.8, 4) is 0 Å². The minimum Gasteiger partial charge on any atom is -0.299 e. The van der Waals surface area contributed by atoms with E-state index in [0.29, 0.717) is 18.6 Å². The van der Waals surface area contributed by atoms with Crippen LogP contribution in [-0.4, -0.2) is 5.78 Å². The van der Waals surface area contributed by atoms with Crippen LogP contribution in [0.15, 0.2) is 35.0 Å². The van der Waals surface area contributed by atoms with Crippen LogP contribution in [0.25, 0.3) is 0 Å². The quantitative estimate of drug-likeness (QED) is 0.788. The minimum atomic E-state index is 0.324. The lowest BCUT2D eigenvalue weighted by Crippen LogP contribution is -2.04. The van der Waals surface area contributed by atoms with Crippen molar-refractivity contribution >= 4 is 17.1 Å². The average molecular weight is 258 g/mol. The van der Waals surface area contributed by atoms with E-state index in [1.165, 1.54) is 16.7 Å². The Bertz CT molecular complexity index is 526. The normalized spacial score (nSPS) is 10.6. The van der Waals surface area contributed by atoms with E-state index >= 15 is 0 Å². The summed E-state index contributed by atoms with van der Waals surface area (Å²) in [4.78, 5) is 11.9. The zero-order chi connectivity index (χ0) is 13.0. The second-order valence-electron chi connectivity index (χ2n) is 4.77. The van der Waals surface area contributed by atoms with Crippen LogP contribution in [0.2, 0.25) is 0 Å². The maximum Gasteiger partial charge on any atom is 0.137 e. The van der Waals surface area contributed by atoms with Gasteiger partial charge in [-0.25, -0.2) is 0 Å². The Kier molecular flexibility index (Phi) is 4.32. The van der Waals surface area contributed by atoms with Crippen molar-refractivity contribution < 1.29 is 4.79 Å². The van der Waals surface area contributed by atoms with Gasteiger partial charge in [-0.1, -0.05) is 18.2 Å². The lowest BCUT2D eigenvalue weighted by Gasteiger charge is -2.04. The summed E-state index contributed by atoms with van der Waals surface area (Å²) >= 11 is 1.69. The Balaban J connectivity index is 1.88. The Labute approximate surface area is 112 Å². The van der Waals surface area contributed by atoms with Crippen LogP contribution in [0.3, 0.4) is 0 Å². The fraction of sp³-hybridized carbons (Fsp3) is 0.312. The maximum atomic E-state index is 11.9. The zero-order valence-corrected chi connectivity index (χ0v) is 11.7. The molecule has 0 aliphatic carbocycles. The maximum absolute atomic E-state index is 11.9. The number of rotatable bonds is 5. The zero-order valence-electron chi connectivity index (χ0n) is 10.9. The van der Waals surface area contributed by atoms with Gasteiger partial charge in [-0.3, -0.25) is 4.79 Å². The van der Waals surface area contributed by atoms with Gasteiger partial charge in [-0.2, -0.15) is 11.3 Å². The number of hydrogen-bond acceptors (Lipinski definition) is 2. The monoisotopic (exact) mass is 258 g/mol. The molecule has 0 N–H and O–H groups in total. The van der Waals surface area contributed by atoms with Crippen LogP contribution in [0.4, 0.5) is 0 Å². The predicted molar refractivity (Wildman–Crippen MR) is 77.3 cm³/mol. The first-order chi connectivity index (χ1) is 8.65. The van der Waals surface area contributed by atoms with E-state index in [1.54, 1.807) is 11.3 Å². The molecule has 1 heterocycles. The molecule has 1 nitrogen and oxygen atoms in total. The van der Waals surface area contributed by atoms with Gasteiger partial charge in [0.1, 0.15) is 5.78 Å². The molecule has 2 heteroatoms. The molecular formula is C16H18OS. The molecule has 1 aromatic carbocycles. The molecule has 0 aliphatic rings. The van der Waals surface area contributed by atoms with E-state index in [-0.39, 0.29) is 0 Å². The van der Waals surface area contributed by atoms with Gasteiger partial charge in [0.05, 0.1) is 0 Å². The van der Waals surface area contributed by atoms with Gasteiger partial charge < -0.3 is 0 Å². The van der Waals surface area contributed by atoms with Crippen molar-refractivity contribution in [1.82, 2.24) is 0 Å². The van der Waals surface area contributed by atoms with Crippen molar-refractivity contribution in [2.45, 2.75) is 33.1 Å². The molecule has 0 amide bonds. The lowest BCUT2D eigenvalue weighted by atomic mass is 10.0. The van der Waals surface area contributed by atoms with Crippen LogP contribution in [0.1, 0.15) is 28.7 Å². The summed E-state index contributed by atoms with van der Waals surface area (Å²) < 4.78 is 0. The smallest absolute Gasteiger partial charge is 0.137 e. The van der Waals surface area contributed by atoms with Crippen LogP contribution in [0.5, 0.6) is 0 Å². The highest BCUT2D eigenvalue weighted by molar-refractivity contribution is 7.07. The third kappa shape index (κ3) is 3.54. The first-order valence-electron chi connectivity index (χ1n) is 6.24. The number of carbonyl (C=O) groups excluding carboxylic acids is 1. The molecule has 94 valence electrons. The van der Waals surface area contributed by atoms with Crippen LogP contribution >= 0.6 is 11.3 Å². The number of thiophene rings is 1. The third-order valence-electron chi connectivity index (χ3n) is 3.25. The van der Waals surface area contributed by atoms with Crippen molar-refractivity contribution in [3.63, 3.8) is 0 Å². The molecule has 0 saturated heterocycles. The number of carbonyl (C=O) groups is 1. The Morgan fingerprint density at radius 2 is 1.94 bits per heavy atom. The number of Topliss-reactive ketones (excluding diaryl/α,β-unsaturated/α-hetero) is 1. The molecular weight excluding hydrogens is 240 g/mol. The van der Waals surface area contributed by atoms with Gasteiger partial charge >= 0.3 is 0 Å². The number of aryl methyl sites for hydroxylation is 3. The molecule has 0 aliphatic heterocycles. The summed E-state index contributed by atoms with van der Waals surface area (Å²) in [5.41, 5.74) is 4.95.